The van der Waals surface area contributed by atoms with Crippen molar-refractivity contribution in [3.8, 4) is 28.5 Å². The summed E-state index contributed by atoms with van der Waals surface area (Å²) in [6.45, 7) is 1.82. The quantitative estimate of drug-likeness (QED) is 0.632. The normalized spacial score (nSPS) is 12.7. The average Bonchev–Trinajstić information content (AvgIpc) is 3.14. The topological polar surface area (TPSA) is 90.0 Å². The van der Waals surface area contributed by atoms with Gasteiger partial charge in [0, 0.05) is 23.6 Å². The molecule has 1 aromatic heterocycles. The van der Waals surface area contributed by atoms with Gasteiger partial charge in [-0.25, -0.2) is 4.98 Å². The van der Waals surface area contributed by atoms with Crippen LogP contribution < -0.4 is 24.4 Å². The number of rotatable bonds is 6. The SMILES string of the molecule is COc1cccc(OCC(=O)Nc2nc(-c3ccc4c(c3)N(C)C(=O)CO4)c(C)s2)c1. The summed E-state index contributed by atoms with van der Waals surface area (Å²) in [5.74, 6) is 1.43. The van der Waals surface area contributed by atoms with E-state index >= 15 is 0 Å². The predicted molar refractivity (Wildman–Crippen MR) is 118 cm³/mol. The Bertz CT molecular complexity index is 1140. The average molecular weight is 439 g/mol. The minimum Gasteiger partial charge on any atom is -0.497 e. The first-order chi connectivity index (χ1) is 14.9. The summed E-state index contributed by atoms with van der Waals surface area (Å²) in [4.78, 5) is 31.3. The molecule has 1 N–H and O–H groups in total. The molecule has 1 aliphatic rings. The molecule has 0 aliphatic carbocycles. The van der Waals surface area contributed by atoms with E-state index < -0.39 is 0 Å². The van der Waals surface area contributed by atoms with Crippen LogP contribution in [0.25, 0.3) is 11.3 Å². The second kappa shape index (κ2) is 8.65. The molecule has 0 spiro atoms. The zero-order chi connectivity index (χ0) is 22.0. The van der Waals surface area contributed by atoms with Gasteiger partial charge in [0.15, 0.2) is 18.3 Å². The van der Waals surface area contributed by atoms with Crippen LogP contribution in [0.2, 0.25) is 0 Å². The van der Waals surface area contributed by atoms with E-state index in [0.29, 0.717) is 28.1 Å². The number of benzene rings is 2. The lowest BCUT2D eigenvalue weighted by Crippen LogP contribution is -2.35. The number of carbonyl (C=O) groups excluding carboxylic acids is 2. The molecular formula is C22H21N3O5S. The molecule has 0 radical (unpaired) electrons. The number of aryl methyl sites for hydroxylation is 1. The molecule has 0 bridgehead atoms. The molecule has 9 heteroatoms. The standard InChI is InChI=1S/C22H21N3O5S/c1-13-21(14-7-8-18-17(9-14)25(2)20(27)12-30-18)24-22(31-13)23-19(26)11-29-16-6-4-5-15(10-16)28-3/h4-10H,11-12H2,1-3H3,(H,23,24,26). The van der Waals surface area contributed by atoms with Crippen molar-refractivity contribution < 1.29 is 23.8 Å². The fourth-order valence-corrected chi connectivity index (χ4v) is 3.98. The zero-order valence-corrected chi connectivity index (χ0v) is 18.1. The first-order valence-corrected chi connectivity index (χ1v) is 10.3. The maximum atomic E-state index is 12.3. The monoisotopic (exact) mass is 439 g/mol. The maximum Gasteiger partial charge on any atom is 0.264 e. The molecule has 1 aliphatic heterocycles. The highest BCUT2D eigenvalue weighted by atomic mass is 32.1. The van der Waals surface area contributed by atoms with Crippen molar-refractivity contribution in [2.24, 2.45) is 0 Å². The highest BCUT2D eigenvalue weighted by molar-refractivity contribution is 7.16. The van der Waals surface area contributed by atoms with Crippen LogP contribution in [-0.4, -0.2) is 44.2 Å². The first kappa shape index (κ1) is 20.7. The van der Waals surface area contributed by atoms with Gasteiger partial charge in [-0.3, -0.25) is 14.9 Å². The zero-order valence-electron chi connectivity index (χ0n) is 17.3. The molecule has 2 heterocycles. The van der Waals surface area contributed by atoms with Crippen molar-refractivity contribution >= 4 is 34.0 Å². The molecule has 0 fully saturated rings. The Morgan fingerprint density at radius 1 is 1.26 bits per heavy atom. The number of hydrogen-bond acceptors (Lipinski definition) is 7. The minimum absolute atomic E-state index is 0.0343. The van der Waals surface area contributed by atoms with E-state index in [1.807, 2.05) is 25.1 Å². The van der Waals surface area contributed by atoms with Crippen LogP contribution in [0.5, 0.6) is 17.2 Å². The number of aromatic nitrogens is 1. The second-order valence-electron chi connectivity index (χ2n) is 6.86. The van der Waals surface area contributed by atoms with E-state index in [1.165, 1.54) is 11.3 Å². The van der Waals surface area contributed by atoms with Crippen molar-refractivity contribution in [2.75, 3.05) is 37.6 Å². The van der Waals surface area contributed by atoms with Crippen LogP contribution in [-0.2, 0) is 9.59 Å². The van der Waals surface area contributed by atoms with Crippen molar-refractivity contribution in [3.63, 3.8) is 0 Å². The number of hydrogen-bond donors (Lipinski definition) is 1. The van der Waals surface area contributed by atoms with Crippen molar-refractivity contribution in [2.45, 2.75) is 6.92 Å². The summed E-state index contributed by atoms with van der Waals surface area (Å²) in [5, 5.41) is 3.25. The maximum absolute atomic E-state index is 12.3. The van der Waals surface area contributed by atoms with E-state index in [1.54, 1.807) is 43.3 Å². The Balaban J connectivity index is 1.45. The van der Waals surface area contributed by atoms with Gasteiger partial charge < -0.3 is 19.1 Å². The van der Waals surface area contributed by atoms with Crippen LogP contribution in [0.4, 0.5) is 10.8 Å². The van der Waals surface area contributed by atoms with Gasteiger partial charge in [0.1, 0.15) is 17.2 Å². The van der Waals surface area contributed by atoms with Gasteiger partial charge in [0.05, 0.1) is 18.5 Å². The number of likely N-dealkylation sites (N-methyl/N-ethyl adjacent to an activating group) is 1. The number of methoxy groups -OCH3 is 1. The summed E-state index contributed by atoms with van der Waals surface area (Å²) < 4.78 is 16.1. The molecule has 4 rings (SSSR count). The molecule has 0 atom stereocenters. The van der Waals surface area contributed by atoms with Crippen molar-refractivity contribution in [1.29, 1.82) is 0 Å². The second-order valence-corrected chi connectivity index (χ2v) is 8.07. The lowest BCUT2D eigenvalue weighted by Gasteiger charge is -2.26. The van der Waals surface area contributed by atoms with Crippen molar-refractivity contribution in [1.82, 2.24) is 4.98 Å². The Kier molecular flexibility index (Phi) is 5.77. The Morgan fingerprint density at radius 3 is 2.87 bits per heavy atom. The summed E-state index contributed by atoms with van der Waals surface area (Å²) in [6, 6.07) is 12.6. The van der Waals surface area contributed by atoms with Crippen molar-refractivity contribution in [3.05, 3.63) is 47.3 Å². The smallest absolute Gasteiger partial charge is 0.264 e. The number of ether oxygens (including phenoxy) is 3. The largest absolute Gasteiger partial charge is 0.497 e. The van der Waals surface area contributed by atoms with E-state index in [-0.39, 0.29) is 25.0 Å². The molecule has 0 saturated carbocycles. The third kappa shape index (κ3) is 4.46. The van der Waals surface area contributed by atoms with E-state index in [2.05, 4.69) is 10.3 Å². The molecule has 8 nitrogen and oxygen atoms in total. The molecule has 0 saturated heterocycles. The summed E-state index contributed by atoms with van der Waals surface area (Å²) in [6.07, 6.45) is 0. The number of nitrogens with one attached hydrogen (secondary N) is 1. The van der Waals surface area contributed by atoms with Crippen LogP contribution in [0.3, 0.4) is 0 Å². The number of fused-ring (bicyclic) bond motifs is 1. The molecule has 160 valence electrons. The lowest BCUT2D eigenvalue weighted by molar-refractivity contribution is -0.121. The molecule has 31 heavy (non-hydrogen) atoms. The first-order valence-electron chi connectivity index (χ1n) is 9.52. The number of amides is 2. The van der Waals surface area contributed by atoms with Gasteiger partial charge in [0.25, 0.3) is 11.8 Å². The van der Waals surface area contributed by atoms with Crippen LogP contribution >= 0.6 is 11.3 Å². The van der Waals surface area contributed by atoms with Gasteiger partial charge in [-0.1, -0.05) is 6.07 Å². The third-order valence-electron chi connectivity index (χ3n) is 4.77. The van der Waals surface area contributed by atoms with Gasteiger partial charge in [-0.2, -0.15) is 0 Å². The van der Waals surface area contributed by atoms with Crippen LogP contribution in [0.15, 0.2) is 42.5 Å². The number of carbonyl (C=O) groups is 2. The van der Waals surface area contributed by atoms with E-state index in [0.717, 1.165) is 16.1 Å². The Morgan fingerprint density at radius 2 is 2.06 bits per heavy atom. The summed E-state index contributed by atoms with van der Waals surface area (Å²) in [5.41, 5.74) is 2.27. The van der Waals surface area contributed by atoms with Crippen LogP contribution in [0.1, 0.15) is 4.88 Å². The molecule has 3 aromatic rings. The molecule has 2 aromatic carbocycles. The van der Waals surface area contributed by atoms with Gasteiger partial charge in [-0.15, -0.1) is 11.3 Å². The lowest BCUT2D eigenvalue weighted by atomic mass is 10.1. The van der Waals surface area contributed by atoms with Crippen LogP contribution in [0, 0.1) is 6.92 Å². The van der Waals surface area contributed by atoms with Gasteiger partial charge >= 0.3 is 0 Å². The third-order valence-corrected chi connectivity index (χ3v) is 5.66. The number of thiazole rings is 1. The number of nitrogens with zero attached hydrogens (tertiary/aromatic N) is 2. The molecule has 0 unspecified atom stereocenters. The van der Waals surface area contributed by atoms with Gasteiger partial charge in [0.2, 0.25) is 0 Å². The number of anilines is 2. The summed E-state index contributed by atoms with van der Waals surface area (Å²) in [7, 11) is 3.29. The fourth-order valence-electron chi connectivity index (χ4n) is 3.13. The Hall–Kier alpha value is -3.59. The highest BCUT2D eigenvalue weighted by Gasteiger charge is 2.23. The fraction of sp³-hybridized carbons (Fsp3) is 0.227. The Labute approximate surface area is 183 Å². The van der Waals surface area contributed by atoms with Gasteiger partial charge in [-0.05, 0) is 37.3 Å². The molecular weight excluding hydrogens is 418 g/mol. The summed E-state index contributed by atoms with van der Waals surface area (Å²) >= 11 is 1.37. The van der Waals surface area contributed by atoms with E-state index in [4.69, 9.17) is 14.2 Å². The van der Waals surface area contributed by atoms with E-state index in [9.17, 15) is 9.59 Å². The molecule has 2 amide bonds. The minimum atomic E-state index is -0.313. The highest BCUT2D eigenvalue weighted by Crippen LogP contribution is 2.37. The predicted octanol–water partition coefficient (Wildman–Crippen LogP) is 3.50.